The van der Waals surface area contributed by atoms with E-state index in [0.717, 1.165) is 116 Å². The van der Waals surface area contributed by atoms with Crippen LogP contribution in [-0.4, -0.2) is 18.2 Å². The average molecular weight is 685 g/mol. The molecule has 53 heavy (non-hydrogen) atoms. The number of hydrogen-bond donors (Lipinski definition) is 0. The van der Waals surface area contributed by atoms with Crippen molar-refractivity contribution in [2.24, 2.45) is 4.99 Å². The second-order valence-electron chi connectivity index (χ2n) is 13.4. The van der Waals surface area contributed by atoms with Crippen LogP contribution < -0.4 is 0 Å². The summed E-state index contributed by atoms with van der Waals surface area (Å²) in [5.74, 6) is 0.715. The number of aliphatic imine (C=N–C) groups is 1. The molecule has 0 spiro atoms. The van der Waals surface area contributed by atoms with Gasteiger partial charge in [0, 0.05) is 68.9 Å². The van der Waals surface area contributed by atoms with Crippen molar-refractivity contribution < 1.29 is 17.7 Å². The molecule has 0 amide bonds. The fraction of sp³-hybridized carbons (Fsp3) is 0.0213. The van der Waals surface area contributed by atoms with Gasteiger partial charge >= 0.3 is 0 Å². The first-order chi connectivity index (χ1) is 26.1. The van der Waals surface area contributed by atoms with Crippen molar-refractivity contribution in [3.05, 3.63) is 146 Å². The SMILES string of the molecule is C=Cc1oc2ccc(-c3ccc4oc5ccc(-c6ccc7oc8ccc(-c9ccc%10oc%11ccncc%11c%10c9)cc8c7c6)cc5c4c3)cc2c1C=NC. The number of furan rings is 4. The topological polar surface area (TPSA) is 77.8 Å². The van der Waals surface area contributed by atoms with E-state index >= 15 is 0 Å². The first-order valence-corrected chi connectivity index (χ1v) is 17.4. The molecule has 0 N–H and O–H groups in total. The number of rotatable bonds is 5. The minimum Gasteiger partial charge on any atom is -0.456 e. The molecule has 11 rings (SSSR count). The molecule has 6 nitrogen and oxygen atoms in total. The van der Waals surface area contributed by atoms with Crippen LogP contribution >= 0.6 is 0 Å². The zero-order chi connectivity index (χ0) is 35.2. The highest BCUT2D eigenvalue weighted by atomic mass is 16.3. The lowest BCUT2D eigenvalue weighted by molar-refractivity contribution is 0.604. The molecule has 0 radical (unpaired) electrons. The molecule has 11 aromatic rings. The third-order valence-electron chi connectivity index (χ3n) is 10.4. The number of fused-ring (bicyclic) bond motifs is 10. The predicted octanol–water partition coefficient (Wildman–Crippen LogP) is 13.2. The first kappa shape index (κ1) is 29.5. The average Bonchev–Trinajstić information content (AvgIpc) is 3.96. The van der Waals surface area contributed by atoms with Gasteiger partial charge < -0.3 is 17.7 Å². The summed E-state index contributed by atoms with van der Waals surface area (Å²) in [7, 11) is 1.76. The van der Waals surface area contributed by atoms with Gasteiger partial charge in [-0.3, -0.25) is 9.98 Å². The second kappa shape index (κ2) is 11.2. The predicted molar refractivity (Wildman–Crippen MR) is 216 cm³/mol. The van der Waals surface area contributed by atoms with Gasteiger partial charge in [-0.1, -0.05) is 43.0 Å². The third-order valence-corrected chi connectivity index (χ3v) is 10.4. The molecule has 0 aliphatic rings. The number of hydrogen-bond acceptors (Lipinski definition) is 6. The van der Waals surface area contributed by atoms with E-state index in [9.17, 15) is 0 Å². The maximum Gasteiger partial charge on any atom is 0.138 e. The minimum atomic E-state index is 0.715. The van der Waals surface area contributed by atoms with E-state index in [2.05, 4.69) is 114 Å². The van der Waals surface area contributed by atoms with Crippen molar-refractivity contribution in [3.8, 4) is 33.4 Å². The zero-order valence-corrected chi connectivity index (χ0v) is 28.5. The molecule has 0 atom stereocenters. The first-order valence-electron chi connectivity index (χ1n) is 17.4. The van der Waals surface area contributed by atoms with Gasteiger partial charge in [0.25, 0.3) is 0 Å². The van der Waals surface area contributed by atoms with Crippen molar-refractivity contribution in [2.75, 3.05) is 7.05 Å². The fourth-order valence-corrected chi connectivity index (χ4v) is 7.80. The molecule has 250 valence electrons. The van der Waals surface area contributed by atoms with Crippen molar-refractivity contribution in [3.63, 3.8) is 0 Å². The van der Waals surface area contributed by atoms with E-state index in [1.165, 1.54) is 0 Å². The Morgan fingerprint density at radius 2 is 0.811 bits per heavy atom. The van der Waals surface area contributed by atoms with Crippen LogP contribution in [0.3, 0.4) is 0 Å². The molecular formula is C47H28N2O4. The van der Waals surface area contributed by atoms with Gasteiger partial charge in [0.15, 0.2) is 0 Å². The van der Waals surface area contributed by atoms with Crippen molar-refractivity contribution in [2.45, 2.75) is 0 Å². The number of aromatic nitrogens is 1. The van der Waals surface area contributed by atoms with Gasteiger partial charge in [0.2, 0.25) is 0 Å². The van der Waals surface area contributed by atoms with Crippen LogP contribution in [0, 0.1) is 0 Å². The standard InChI is InChI=1S/C47H28N2O4/c1-3-40-38(24-48-2)36-22-30(8-14-45(36)50-40)28-6-12-43-34(20-28)32-18-26(4-10-41(32)51-43)27-5-11-42-33(19-27)35-21-29(7-13-44(35)52-42)31-9-15-46-37(23-31)39-25-49-17-16-47(39)53-46/h3-25H,1H2,2H3. The Bertz CT molecular complexity index is 3330. The molecule has 0 unspecified atom stereocenters. The van der Waals surface area contributed by atoms with Crippen LogP contribution in [0.1, 0.15) is 11.3 Å². The Balaban J connectivity index is 1.00. The Labute approximate surface area is 301 Å². The van der Waals surface area contributed by atoms with E-state index in [4.69, 9.17) is 17.7 Å². The summed E-state index contributed by atoms with van der Waals surface area (Å²) in [6, 6.07) is 40.1. The van der Waals surface area contributed by atoms with Gasteiger partial charge in [-0.15, -0.1) is 0 Å². The molecule has 6 aromatic carbocycles. The monoisotopic (exact) mass is 684 g/mol. The second-order valence-corrected chi connectivity index (χ2v) is 13.4. The molecule has 0 aliphatic carbocycles. The number of nitrogens with zero attached hydrogens (tertiary/aromatic N) is 2. The Morgan fingerprint density at radius 1 is 0.453 bits per heavy atom. The highest BCUT2D eigenvalue weighted by molar-refractivity contribution is 6.11. The van der Waals surface area contributed by atoms with Gasteiger partial charge in [-0.25, -0.2) is 0 Å². The maximum absolute atomic E-state index is 6.32. The van der Waals surface area contributed by atoms with Crippen molar-refractivity contribution >= 4 is 89.1 Å². The van der Waals surface area contributed by atoms with E-state index in [-0.39, 0.29) is 0 Å². The molecule has 0 aliphatic heterocycles. The van der Waals surface area contributed by atoms with E-state index in [1.54, 1.807) is 19.3 Å². The van der Waals surface area contributed by atoms with E-state index < -0.39 is 0 Å². The summed E-state index contributed by atoms with van der Waals surface area (Å²) < 4.78 is 24.7. The Kier molecular flexibility index (Phi) is 6.22. The fourth-order valence-electron chi connectivity index (χ4n) is 7.80. The van der Waals surface area contributed by atoms with E-state index in [1.807, 2.05) is 30.6 Å². The largest absolute Gasteiger partial charge is 0.456 e. The molecule has 0 bridgehead atoms. The summed E-state index contributed by atoms with van der Waals surface area (Å²) in [4.78, 5) is 8.56. The molecule has 0 fully saturated rings. The Hall–Kier alpha value is -7.18. The lowest BCUT2D eigenvalue weighted by atomic mass is 9.98. The summed E-state index contributed by atoms with van der Waals surface area (Å²) in [5.41, 5.74) is 13.4. The molecular weight excluding hydrogens is 657 g/mol. The van der Waals surface area contributed by atoms with Gasteiger partial charge in [0.05, 0.1) is 0 Å². The lowest BCUT2D eigenvalue weighted by Crippen LogP contribution is -1.83. The molecule has 5 aromatic heterocycles. The quantitative estimate of drug-likeness (QED) is 0.169. The smallest absolute Gasteiger partial charge is 0.138 e. The van der Waals surface area contributed by atoms with Crippen LogP contribution in [-0.2, 0) is 0 Å². The van der Waals surface area contributed by atoms with Crippen LogP contribution in [0.5, 0.6) is 0 Å². The number of benzene rings is 6. The van der Waals surface area contributed by atoms with Gasteiger partial charge in [-0.2, -0.15) is 0 Å². The van der Waals surface area contributed by atoms with Gasteiger partial charge in [0.1, 0.15) is 44.8 Å². The summed E-state index contributed by atoms with van der Waals surface area (Å²) in [5, 5.41) is 7.33. The van der Waals surface area contributed by atoms with Crippen molar-refractivity contribution in [1.82, 2.24) is 4.98 Å². The van der Waals surface area contributed by atoms with Crippen LogP contribution in [0.25, 0.3) is 116 Å². The Morgan fingerprint density at radius 3 is 1.21 bits per heavy atom. The summed E-state index contributed by atoms with van der Waals surface area (Å²) >= 11 is 0. The molecule has 6 heteroatoms. The van der Waals surface area contributed by atoms with Gasteiger partial charge in [-0.05, 0) is 118 Å². The van der Waals surface area contributed by atoms with Crippen molar-refractivity contribution in [1.29, 1.82) is 0 Å². The van der Waals surface area contributed by atoms with Crippen LogP contribution in [0.2, 0.25) is 0 Å². The summed E-state index contributed by atoms with van der Waals surface area (Å²) in [6.07, 6.45) is 7.17. The highest BCUT2D eigenvalue weighted by Crippen LogP contribution is 2.40. The molecule has 0 saturated carbocycles. The minimum absolute atomic E-state index is 0.715. The summed E-state index contributed by atoms with van der Waals surface area (Å²) in [6.45, 7) is 3.92. The molecule has 0 saturated heterocycles. The maximum atomic E-state index is 6.32. The highest BCUT2D eigenvalue weighted by Gasteiger charge is 2.16. The lowest BCUT2D eigenvalue weighted by Gasteiger charge is -2.04. The van der Waals surface area contributed by atoms with E-state index in [0.29, 0.717) is 5.76 Å². The van der Waals surface area contributed by atoms with Crippen LogP contribution in [0.4, 0.5) is 0 Å². The normalized spacial score (nSPS) is 12.2. The van der Waals surface area contributed by atoms with Crippen LogP contribution in [0.15, 0.2) is 157 Å². The third kappa shape index (κ3) is 4.52. The number of pyridine rings is 1. The zero-order valence-electron chi connectivity index (χ0n) is 28.5. The molecule has 5 heterocycles.